The van der Waals surface area contributed by atoms with Crippen molar-refractivity contribution >= 4 is 39.9 Å². The van der Waals surface area contributed by atoms with E-state index in [2.05, 4.69) is 67.5 Å². The highest BCUT2D eigenvalue weighted by molar-refractivity contribution is 7.99. The van der Waals surface area contributed by atoms with Crippen molar-refractivity contribution in [2.75, 3.05) is 11.1 Å². The maximum absolute atomic E-state index is 12.7. The molecule has 1 aliphatic carbocycles. The summed E-state index contributed by atoms with van der Waals surface area (Å²) < 4.78 is 1.89. The monoisotopic (exact) mass is 497 g/mol. The Bertz CT molecular complexity index is 1220. The van der Waals surface area contributed by atoms with Crippen LogP contribution < -0.4 is 11.1 Å². The Kier molecular flexibility index (Phi) is 6.87. The number of nitrogens with two attached hydrogens (primary N) is 1. The van der Waals surface area contributed by atoms with Crippen molar-refractivity contribution in [1.82, 2.24) is 14.8 Å². The van der Waals surface area contributed by atoms with Gasteiger partial charge in [-0.05, 0) is 41.7 Å². The average molecular weight is 498 g/mol. The first-order chi connectivity index (χ1) is 16.0. The molecule has 3 N–H and O–H groups in total. The van der Waals surface area contributed by atoms with E-state index in [0.717, 1.165) is 41.1 Å². The molecule has 1 aliphatic rings. The second kappa shape index (κ2) is 9.54. The first-order valence-corrected chi connectivity index (χ1v) is 13.2. The smallest absolute Gasteiger partial charge is 0.251 e. The minimum absolute atomic E-state index is 0.0846. The molecule has 2 aromatic heterocycles. The zero-order valence-electron chi connectivity index (χ0n) is 20.3. The summed E-state index contributed by atoms with van der Waals surface area (Å²) in [6.07, 6.45) is 2.78. The fourth-order valence-electron chi connectivity index (χ4n) is 4.20. The summed E-state index contributed by atoms with van der Waals surface area (Å²) in [5.41, 5.74) is 9.46. The van der Waals surface area contributed by atoms with E-state index in [1.807, 2.05) is 11.6 Å². The molecule has 34 heavy (non-hydrogen) atoms. The average Bonchev–Trinajstić information content (AvgIpc) is 3.31. The third kappa shape index (κ3) is 5.05. The molecule has 2 amide bonds. The second-order valence-corrected chi connectivity index (χ2v) is 12.0. The molecule has 0 aliphatic heterocycles. The van der Waals surface area contributed by atoms with E-state index in [0.29, 0.717) is 21.6 Å². The van der Waals surface area contributed by atoms with Gasteiger partial charge < -0.3 is 15.6 Å². The second-order valence-electron chi connectivity index (χ2n) is 9.95. The van der Waals surface area contributed by atoms with Gasteiger partial charge in [0.15, 0.2) is 11.0 Å². The number of carbonyl (C=O) groups is 2. The predicted octanol–water partition coefficient (Wildman–Crippen LogP) is 4.80. The molecule has 4 rings (SSSR count). The number of fused-ring (bicyclic) bond motifs is 1. The van der Waals surface area contributed by atoms with Gasteiger partial charge in [-0.2, -0.15) is 0 Å². The lowest BCUT2D eigenvalue weighted by Crippen LogP contribution is -2.20. The minimum atomic E-state index is -0.481. The number of benzene rings is 1. The zero-order chi connectivity index (χ0) is 24.6. The van der Waals surface area contributed by atoms with Gasteiger partial charge >= 0.3 is 0 Å². The molecule has 0 saturated heterocycles. The van der Waals surface area contributed by atoms with Crippen LogP contribution in [0.1, 0.15) is 60.5 Å². The molecular weight excluding hydrogens is 466 g/mol. The van der Waals surface area contributed by atoms with Gasteiger partial charge in [-0.3, -0.25) is 9.59 Å². The van der Waals surface area contributed by atoms with Gasteiger partial charge in [0.1, 0.15) is 5.00 Å². The van der Waals surface area contributed by atoms with E-state index < -0.39 is 5.91 Å². The number of nitrogens with zero attached hydrogens (tertiary/aromatic N) is 3. The van der Waals surface area contributed by atoms with E-state index >= 15 is 0 Å². The lowest BCUT2D eigenvalue weighted by atomic mass is 9.87. The van der Waals surface area contributed by atoms with E-state index in [-0.39, 0.29) is 17.1 Å². The number of hydrogen-bond donors (Lipinski definition) is 2. The van der Waals surface area contributed by atoms with Gasteiger partial charge in [0.05, 0.1) is 11.3 Å². The Hall–Kier alpha value is -2.65. The van der Waals surface area contributed by atoms with E-state index in [1.54, 1.807) is 0 Å². The van der Waals surface area contributed by atoms with Crippen molar-refractivity contribution in [1.29, 1.82) is 0 Å². The topological polar surface area (TPSA) is 103 Å². The molecule has 9 heteroatoms. The lowest BCUT2D eigenvalue weighted by molar-refractivity contribution is -0.113. The molecular formula is C25H31N5O2S2. The maximum Gasteiger partial charge on any atom is 0.251 e. The summed E-state index contributed by atoms with van der Waals surface area (Å²) in [5.74, 6) is 0.801. The molecule has 0 fully saturated rings. The van der Waals surface area contributed by atoms with Crippen LogP contribution in [-0.4, -0.2) is 32.3 Å². The number of aromatic nitrogens is 3. The molecule has 1 aromatic carbocycles. The van der Waals surface area contributed by atoms with Crippen LogP contribution in [0.15, 0.2) is 29.4 Å². The van der Waals surface area contributed by atoms with E-state index in [9.17, 15) is 9.59 Å². The molecule has 2 heterocycles. The number of amides is 2. The molecule has 1 unspecified atom stereocenters. The first-order valence-electron chi connectivity index (χ1n) is 11.4. The van der Waals surface area contributed by atoms with Gasteiger partial charge in [-0.1, -0.05) is 63.7 Å². The fourth-order valence-corrected chi connectivity index (χ4v) is 6.35. The zero-order valence-corrected chi connectivity index (χ0v) is 21.9. The standard InChI is InChI=1S/C25H31N5O2S2/c1-14-6-11-17-18(12-14)34-23(20(17)21(26)32)27-19(31)13-33-24-29-28-22(30(24)5)15-7-9-16(10-8-15)25(2,3)4/h7-10,14H,6,11-13H2,1-5H3,(H2,26,32)(H,27,31). The lowest BCUT2D eigenvalue weighted by Gasteiger charge is -2.19. The van der Waals surface area contributed by atoms with Crippen LogP contribution in [0, 0.1) is 5.92 Å². The van der Waals surface area contributed by atoms with Gasteiger partial charge in [0.25, 0.3) is 5.91 Å². The summed E-state index contributed by atoms with van der Waals surface area (Å²) in [4.78, 5) is 26.0. The molecule has 0 radical (unpaired) electrons. The van der Waals surface area contributed by atoms with Crippen molar-refractivity contribution in [3.8, 4) is 11.4 Å². The highest BCUT2D eigenvalue weighted by Crippen LogP contribution is 2.39. The van der Waals surface area contributed by atoms with Crippen LogP contribution in [-0.2, 0) is 30.1 Å². The van der Waals surface area contributed by atoms with Crippen LogP contribution in [0.3, 0.4) is 0 Å². The van der Waals surface area contributed by atoms with Crippen LogP contribution in [0.5, 0.6) is 0 Å². The molecule has 0 spiro atoms. The summed E-state index contributed by atoms with van der Waals surface area (Å²) >= 11 is 2.79. The number of primary amides is 1. The van der Waals surface area contributed by atoms with Crippen LogP contribution in [0.4, 0.5) is 5.00 Å². The number of anilines is 1. The van der Waals surface area contributed by atoms with Crippen LogP contribution in [0.2, 0.25) is 0 Å². The Balaban J connectivity index is 1.44. The van der Waals surface area contributed by atoms with Crippen molar-refractivity contribution < 1.29 is 9.59 Å². The minimum Gasteiger partial charge on any atom is -0.365 e. The molecule has 7 nitrogen and oxygen atoms in total. The van der Waals surface area contributed by atoms with E-state index in [4.69, 9.17) is 5.73 Å². The quantitative estimate of drug-likeness (QED) is 0.477. The van der Waals surface area contributed by atoms with Crippen LogP contribution >= 0.6 is 23.1 Å². The largest absolute Gasteiger partial charge is 0.365 e. The van der Waals surface area contributed by atoms with Crippen molar-refractivity contribution in [3.05, 3.63) is 45.8 Å². The number of nitrogens with one attached hydrogen (secondary N) is 1. The molecule has 3 aromatic rings. The highest BCUT2D eigenvalue weighted by Gasteiger charge is 2.27. The maximum atomic E-state index is 12.7. The fraction of sp³-hybridized carbons (Fsp3) is 0.440. The van der Waals surface area contributed by atoms with E-state index in [1.165, 1.54) is 28.7 Å². The summed E-state index contributed by atoms with van der Waals surface area (Å²) in [7, 11) is 1.90. The molecule has 1 atom stereocenters. The highest BCUT2D eigenvalue weighted by atomic mass is 32.2. The SMILES string of the molecule is CC1CCc2c(sc(NC(=O)CSc3nnc(-c4ccc(C(C)(C)C)cc4)n3C)c2C(N)=O)C1. The van der Waals surface area contributed by atoms with Crippen molar-refractivity contribution in [2.24, 2.45) is 18.7 Å². The Morgan fingerprint density at radius 1 is 1.24 bits per heavy atom. The van der Waals surface area contributed by atoms with Gasteiger partial charge in [0.2, 0.25) is 5.91 Å². The Morgan fingerprint density at radius 3 is 2.59 bits per heavy atom. The third-order valence-electron chi connectivity index (χ3n) is 6.19. The first kappa shape index (κ1) is 24.5. The number of carbonyl (C=O) groups excluding carboxylic acids is 2. The van der Waals surface area contributed by atoms with Gasteiger partial charge in [0, 0.05) is 17.5 Å². The third-order valence-corrected chi connectivity index (χ3v) is 8.38. The summed E-state index contributed by atoms with van der Waals surface area (Å²) in [6.45, 7) is 8.75. The van der Waals surface area contributed by atoms with Gasteiger partial charge in [-0.15, -0.1) is 21.5 Å². The molecule has 180 valence electrons. The number of hydrogen-bond acceptors (Lipinski definition) is 6. The Morgan fingerprint density at radius 2 is 1.94 bits per heavy atom. The molecule has 0 bridgehead atoms. The number of thioether (sulfide) groups is 1. The molecule has 0 saturated carbocycles. The van der Waals surface area contributed by atoms with Crippen molar-refractivity contribution in [3.63, 3.8) is 0 Å². The van der Waals surface area contributed by atoms with Crippen LogP contribution in [0.25, 0.3) is 11.4 Å². The normalized spacial score (nSPS) is 15.7. The van der Waals surface area contributed by atoms with Crippen molar-refractivity contribution in [2.45, 2.75) is 57.5 Å². The van der Waals surface area contributed by atoms with Gasteiger partial charge in [-0.25, -0.2) is 0 Å². The number of thiophene rings is 1. The number of rotatable bonds is 6. The predicted molar refractivity (Wildman–Crippen MR) is 139 cm³/mol. The summed E-state index contributed by atoms with van der Waals surface area (Å²) in [6, 6.07) is 8.33. The summed E-state index contributed by atoms with van der Waals surface area (Å²) in [5, 5.41) is 12.7. The Labute approximate surface area is 208 Å².